The third-order valence-corrected chi connectivity index (χ3v) is 4.26. The second kappa shape index (κ2) is 5.34. The van der Waals surface area contributed by atoms with Gasteiger partial charge in [-0.05, 0) is 41.8 Å². The Bertz CT molecular complexity index is 811. The monoisotopic (exact) mass is 290 g/mol. The van der Waals surface area contributed by atoms with Gasteiger partial charge in [0.1, 0.15) is 11.6 Å². The maximum absolute atomic E-state index is 5.22. The molecule has 4 rings (SSSR count). The Morgan fingerprint density at radius 2 is 1.91 bits per heavy atom. The summed E-state index contributed by atoms with van der Waals surface area (Å²) in [4.78, 5) is 7.23. The minimum Gasteiger partial charge on any atom is -0.497 e. The topological polar surface area (TPSA) is 25.4 Å². The first-order valence-corrected chi connectivity index (χ1v) is 7.60. The van der Waals surface area contributed by atoms with E-state index in [-0.39, 0.29) is 0 Å². The molecule has 2 heterocycles. The van der Waals surface area contributed by atoms with Crippen LogP contribution in [0.4, 0.5) is 5.82 Å². The van der Waals surface area contributed by atoms with Crippen molar-refractivity contribution in [1.82, 2.24) is 4.98 Å². The Morgan fingerprint density at radius 3 is 2.73 bits per heavy atom. The molecular formula is C19H18N2O. The molecule has 0 bridgehead atoms. The lowest BCUT2D eigenvalue weighted by Gasteiger charge is -2.19. The van der Waals surface area contributed by atoms with E-state index in [9.17, 15) is 0 Å². The smallest absolute Gasteiger partial charge is 0.132 e. The van der Waals surface area contributed by atoms with Gasteiger partial charge >= 0.3 is 0 Å². The van der Waals surface area contributed by atoms with Gasteiger partial charge in [-0.15, -0.1) is 0 Å². The highest BCUT2D eigenvalue weighted by Crippen LogP contribution is 2.30. The molecule has 0 aliphatic carbocycles. The zero-order valence-corrected chi connectivity index (χ0v) is 12.6. The van der Waals surface area contributed by atoms with Gasteiger partial charge in [0.15, 0.2) is 0 Å². The van der Waals surface area contributed by atoms with E-state index in [0.29, 0.717) is 0 Å². The number of para-hydroxylation sites is 1. The Labute approximate surface area is 130 Å². The van der Waals surface area contributed by atoms with Crippen molar-refractivity contribution in [3.63, 3.8) is 0 Å². The fourth-order valence-electron chi connectivity index (χ4n) is 3.07. The first-order chi connectivity index (χ1) is 10.8. The standard InChI is InChI=1S/C19H18N2O/c1-22-17-8-6-14(7-9-17)13-21-11-10-16-12-15-4-2-3-5-18(15)20-19(16)21/h2-9,12H,10-11,13H2,1H3. The van der Waals surface area contributed by atoms with Crippen LogP contribution in [0.3, 0.4) is 0 Å². The second-order valence-electron chi connectivity index (χ2n) is 5.68. The summed E-state index contributed by atoms with van der Waals surface area (Å²) in [6.07, 6.45) is 1.07. The SMILES string of the molecule is COc1ccc(CN2CCc3cc4ccccc4nc32)cc1. The summed E-state index contributed by atoms with van der Waals surface area (Å²) in [5.74, 6) is 2.03. The number of hydrogen-bond acceptors (Lipinski definition) is 3. The van der Waals surface area contributed by atoms with E-state index >= 15 is 0 Å². The normalized spacial score (nSPS) is 13.4. The summed E-state index contributed by atoms with van der Waals surface area (Å²) in [5, 5.41) is 1.23. The Balaban J connectivity index is 1.64. The van der Waals surface area contributed by atoms with Crippen LogP contribution in [0, 0.1) is 0 Å². The molecular weight excluding hydrogens is 272 g/mol. The molecule has 0 saturated heterocycles. The van der Waals surface area contributed by atoms with E-state index in [0.717, 1.165) is 36.6 Å². The van der Waals surface area contributed by atoms with Gasteiger partial charge in [-0.25, -0.2) is 4.98 Å². The van der Waals surface area contributed by atoms with Gasteiger partial charge < -0.3 is 9.64 Å². The van der Waals surface area contributed by atoms with Crippen molar-refractivity contribution >= 4 is 16.7 Å². The highest BCUT2D eigenvalue weighted by Gasteiger charge is 2.21. The average molecular weight is 290 g/mol. The minimum atomic E-state index is 0.891. The lowest BCUT2D eigenvalue weighted by atomic mass is 10.1. The first kappa shape index (κ1) is 13.1. The first-order valence-electron chi connectivity index (χ1n) is 7.60. The van der Waals surface area contributed by atoms with Crippen molar-refractivity contribution in [1.29, 1.82) is 0 Å². The van der Waals surface area contributed by atoms with E-state index in [2.05, 4.69) is 41.3 Å². The third-order valence-electron chi connectivity index (χ3n) is 4.26. The molecule has 0 spiro atoms. The van der Waals surface area contributed by atoms with E-state index in [1.165, 1.54) is 16.5 Å². The van der Waals surface area contributed by atoms with Crippen molar-refractivity contribution < 1.29 is 4.74 Å². The number of fused-ring (bicyclic) bond motifs is 2. The fraction of sp³-hybridized carbons (Fsp3) is 0.211. The molecule has 0 saturated carbocycles. The van der Waals surface area contributed by atoms with Crippen LogP contribution in [0.1, 0.15) is 11.1 Å². The molecule has 1 aliphatic heterocycles. The van der Waals surface area contributed by atoms with Gasteiger partial charge in [0.05, 0.1) is 12.6 Å². The highest BCUT2D eigenvalue weighted by molar-refractivity contribution is 5.82. The summed E-state index contributed by atoms with van der Waals surface area (Å²) in [5.41, 5.74) is 3.71. The van der Waals surface area contributed by atoms with Gasteiger partial charge in [0.25, 0.3) is 0 Å². The van der Waals surface area contributed by atoms with Crippen molar-refractivity contribution in [3.8, 4) is 5.75 Å². The van der Waals surface area contributed by atoms with E-state index in [1.54, 1.807) is 7.11 Å². The Morgan fingerprint density at radius 1 is 1.09 bits per heavy atom. The third kappa shape index (κ3) is 2.29. The number of rotatable bonds is 3. The molecule has 0 unspecified atom stereocenters. The summed E-state index contributed by atoms with van der Waals surface area (Å²) in [6.45, 7) is 1.92. The zero-order chi connectivity index (χ0) is 14.9. The predicted octanol–water partition coefficient (Wildman–Crippen LogP) is 3.81. The van der Waals surface area contributed by atoms with Crippen LogP contribution in [-0.2, 0) is 13.0 Å². The van der Waals surface area contributed by atoms with Gasteiger partial charge in [-0.2, -0.15) is 0 Å². The van der Waals surface area contributed by atoms with Crippen LogP contribution < -0.4 is 9.64 Å². The van der Waals surface area contributed by atoms with Gasteiger partial charge in [-0.3, -0.25) is 0 Å². The summed E-state index contributed by atoms with van der Waals surface area (Å²) in [6, 6.07) is 18.9. The molecule has 3 heteroatoms. The van der Waals surface area contributed by atoms with Gasteiger partial charge in [0, 0.05) is 18.5 Å². The van der Waals surface area contributed by atoms with E-state index in [1.807, 2.05) is 18.2 Å². The van der Waals surface area contributed by atoms with Crippen LogP contribution in [0.15, 0.2) is 54.6 Å². The van der Waals surface area contributed by atoms with Crippen molar-refractivity contribution in [2.45, 2.75) is 13.0 Å². The molecule has 0 atom stereocenters. The second-order valence-corrected chi connectivity index (χ2v) is 5.68. The average Bonchev–Trinajstić information content (AvgIpc) is 2.95. The summed E-state index contributed by atoms with van der Waals surface area (Å²) < 4.78 is 5.22. The van der Waals surface area contributed by atoms with E-state index in [4.69, 9.17) is 9.72 Å². The number of benzene rings is 2. The molecule has 3 nitrogen and oxygen atoms in total. The molecule has 3 aromatic rings. The number of nitrogens with zero attached hydrogens (tertiary/aromatic N) is 2. The Kier molecular flexibility index (Phi) is 3.19. The molecule has 0 amide bonds. The van der Waals surface area contributed by atoms with Crippen molar-refractivity contribution in [2.75, 3.05) is 18.6 Å². The number of methoxy groups -OCH3 is 1. The number of anilines is 1. The van der Waals surface area contributed by atoms with Crippen LogP contribution in [0.2, 0.25) is 0 Å². The highest BCUT2D eigenvalue weighted by atomic mass is 16.5. The molecule has 22 heavy (non-hydrogen) atoms. The maximum Gasteiger partial charge on any atom is 0.132 e. The number of hydrogen-bond donors (Lipinski definition) is 0. The maximum atomic E-state index is 5.22. The number of aromatic nitrogens is 1. The lowest BCUT2D eigenvalue weighted by Crippen LogP contribution is -2.20. The van der Waals surface area contributed by atoms with Crippen molar-refractivity contribution in [2.24, 2.45) is 0 Å². The molecule has 1 aromatic heterocycles. The Hall–Kier alpha value is -2.55. The van der Waals surface area contributed by atoms with Crippen molar-refractivity contribution in [3.05, 3.63) is 65.7 Å². The molecule has 0 fully saturated rings. The molecule has 0 radical (unpaired) electrons. The molecule has 0 N–H and O–H groups in total. The van der Waals surface area contributed by atoms with Gasteiger partial charge in [-0.1, -0.05) is 30.3 Å². The largest absolute Gasteiger partial charge is 0.497 e. The number of pyridine rings is 1. The zero-order valence-electron chi connectivity index (χ0n) is 12.6. The van der Waals surface area contributed by atoms with Crippen LogP contribution in [-0.4, -0.2) is 18.6 Å². The van der Waals surface area contributed by atoms with Gasteiger partial charge in [0.2, 0.25) is 0 Å². The van der Waals surface area contributed by atoms with E-state index < -0.39 is 0 Å². The summed E-state index contributed by atoms with van der Waals surface area (Å²) in [7, 11) is 1.70. The quantitative estimate of drug-likeness (QED) is 0.733. The fourth-order valence-corrected chi connectivity index (χ4v) is 3.07. The minimum absolute atomic E-state index is 0.891. The molecule has 2 aromatic carbocycles. The van der Waals surface area contributed by atoms with Crippen LogP contribution in [0.5, 0.6) is 5.75 Å². The lowest BCUT2D eigenvalue weighted by molar-refractivity contribution is 0.414. The summed E-state index contributed by atoms with van der Waals surface area (Å²) >= 11 is 0. The van der Waals surface area contributed by atoms with Crippen LogP contribution in [0.25, 0.3) is 10.9 Å². The predicted molar refractivity (Wildman–Crippen MR) is 89.5 cm³/mol. The molecule has 110 valence electrons. The number of ether oxygens (including phenoxy) is 1. The van der Waals surface area contributed by atoms with Crippen LogP contribution >= 0.6 is 0 Å². The molecule has 1 aliphatic rings.